The van der Waals surface area contributed by atoms with Crippen molar-refractivity contribution >= 4 is 38.5 Å². The predicted octanol–water partition coefficient (Wildman–Crippen LogP) is 3.24. The van der Waals surface area contributed by atoms with E-state index in [1.54, 1.807) is 10.9 Å². The summed E-state index contributed by atoms with van der Waals surface area (Å²) in [6.45, 7) is 0. The van der Waals surface area contributed by atoms with Gasteiger partial charge in [0.15, 0.2) is 0 Å². The zero-order valence-electron chi connectivity index (χ0n) is 8.19. The normalized spacial score (nSPS) is 10.1. The summed E-state index contributed by atoms with van der Waals surface area (Å²) >= 11 is 5.56. The minimum atomic E-state index is 0.636. The van der Waals surface area contributed by atoms with Crippen molar-refractivity contribution in [1.82, 2.24) is 9.78 Å². The molecule has 0 radical (unpaired) electrons. The Morgan fingerprint density at radius 3 is 2.88 bits per heavy atom. The van der Waals surface area contributed by atoms with Gasteiger partial charge in [-0.25, -0.2) is 4.68 Å². The molecule has 0 saturated carbocycles. The van der Waals surface area contributed by atoms with Crippen LogP contribution in [0.5, 0.6) is 0 Å². The van der Waals surface area contributed by atoms with Crippen LogP contribution in [0.2, 0.25) is 0 Å². The summed E-state index contributed by atoms with van der Waals surface area (Å²) < 4.78 is 2.77. The Morgan fingerprint density at radius 2 is 2.31 bits per heavy atom. The number of alkyl halides is 1. The fourth-order valence-electron chi connectivity index (χ4n) is 1.39. The Bertz CT molecular complexity index is 557. The SMILES string of the molecule is N#Cc1cc(CBr)ccc1-n1cc(I)cn1. The first kappa shape index (κ1) is 11.6. The molecule has 0 aliphatic carbocycles. The van der Waals surface area contributed by atoms with Crippen molar-refractivity contribution in [2.75, 3.05) is 0 Å². The summed E-state index contributed by atoms with van der Waals surface area (Å²) in [5.74, 6) is 0. The third-order valence-corrected chi connectivity index (χ3v) is 3.34. The highest BCUT2D eigenvalue weighted by Gasteiger charge is 2.06. The largest absolute Gasteiger partial charge is 0.239 e. The van der Waals surface area contributed by atoms with Crippen molar-refractivity contribution in [3.8, 4) is 11.8 Å². The maximum absolute atomic E-state index is 9.10. The minimum Gasteiger partial charge on any atom is -0.239 e. The van der Waals surface area contributed by atoms with Crippen LogP contribution < -0.4 is 0 Å². The van der Waals surface area contributed by atoms with E-state index in [0.29, 0.717) is 5.56 Å². The first-order valence-electron chi connectivity index (χ1n) is 4.54. The number of benzene rings is 1. The molecule has 0 fully saturated rings. The molecule has 0 aliphatic rings. The number of hydrogen-bond donors (Lipinski definition) is 0. The summed E-state index contributed by atoms with van der Waals surface area (Å²) in [6.07, 6.45) is 3.66. The highest BCUT2D eigenvalue weighted by Crippen LogP contribution is 2.18. The van der Waals surface area contributed by atoms with Gasteiger partial charge < -0.3 is 0 Å². The molecule has 0 unspecified atom stereocenters. The number of aromatic nitrogens is 2. The molecular formula is C11H7BrIN3. The number of rotatable bonds is 2. The number of nitrogens with zero attached hydrogens (tertiary/aromatic N) is 3. The van der Waals surface area contributed by atoms with E-state index in [1.165, 1.54) is 0 Å². The lowest BCUT2D eigenvalue weighted by Gasteiger charge is -2.05. The van der Waals surface area contributed by atoms with Crippen LogP contribution in [0.1, 0.15) is 11.1 Å². The van der Waals surface area contributed by atoms with Gasteiger partial charge in [0.1, 0.15) is 6.07 Å². The fraction of sp³-hybridized carbons (Fsp3) is 0.0909. The van der Waals surface area contributed by atoms with Crippen LogP contribution in [0.4, 0.5) is 0 Å². The van der Waals surface area contributed by atoms with Crippen LogP contribution in [-0.4, -0.2) is 9.78 Å². The predicted molar refractivity (Wildman–Crippen MR) is 73.6 cm³/mol. The summed E-state index contributed by atoms with van der Waals surface area (Å²) in [5, 5.41) is 14.0. The average Bonchev–Trinajstić information content (AvgIpc) is 2.74. The zero-order valence-corrected chi connectivity index (χ0v) is 11.9. The van der Waals surface area contributed by atoms with Gasteiger partial charge in [0.05, 0.1) is 21.0 Å². The molecule has 3 nitrogen and oxygen atoms in total. The van der Waals surface area contributed by atoms with Gasteiger partial charge in [-0.05, 0) is 40.3 Å². The minimum absolute atomic E-state index is 0.636. The molecule has 1 aromatic carbocycles. The smallest absolute Gasteiger partial charge is 0.101 e. The van der Waals surface area contributed by atoms with Gasteiger partial charge in [0, 0.05) is 11.5 Å². The van der Waals surface area contributed by atoms with Gasteiger partial charge in [-0.2, -0.15) is 10.4 Å². The molecule has 0 saturated heterocycles. The van der Waals surface area contributed by atoms with Gasteiger partial charge in [0.2, 0.25) is 0 Å². The van der Waals surface area contributed by atoms with E-state index in [0.717, 1.165) is 20.2 Å². The molecule has 5 heteroatoms. The Labute approximate surface area is 115 Å². The molecule has 0 N–H and O–H groups in total. The Hall–Kier alpha value is -0.870. The Balaban J connectivity index is 2.53. The molecule has 0 amide bonds. The molecule has 80 valence electrons. The van der Waals surface area contributed by atoms with Crippen LogP contribution in [-0.2, 0) is 5.33 Å². The van der Waals surface area contributed by atoms with E-state index in [9.17, 15) is 0 Å². The molecule has 1 aromatic heterocycles. The molecule has 2 rings (SSSR count). The molecule has 0 bridgehead atoms. The summed E-state index contributed by atoms with van der Waals surface area (Å²) in [6, 6.07) is 7.97. The average molecular weight is 388 g/mol. The molecule has 2 aromatic rings. The highest BCUT2D eigenvalue weighted by molar-refractivity contribution is 14.1. The second-order valence-corrected chi connectivity index (χ2v) is 5.01. The maximum Gasteiger partial charge on any atom is 0.101 e. The maximum atomic E-state index is 9.10. The van der Waals surface area contributed by atoms with E-state index >= 15 is 0 Å². The van der Waals surface area contributed by atoms with E-state index in [-0.39, 0.29) is 0 Å². The lowest BCUT2D eigenvalue weighted by atomic mass is 10.1. The van der Waals surface area contributed by atoms with E-state index < -0.39 is 0 Å². The first-order valence-corrected chi connectivity index (χ1v) is 6.74. The molecule has 1 heterocycles. The Morgan fingerprint density at radius 1 is 1.50 bits per heavy atom. The van der Waals surface area contributed by atoms with Gasteiger partial charge in [-0.3, -0.25) is 0 Å². The van der Waals surface area contributed by atoms with Crippen molar-refractivity contribution in [3.05, 3.63) is 45.3 Å². The standard InChI is InChI=1S/C11H7BrIN3/c12-4-8-1-2-11(9(3-8)5-14)16-7-10(13)6-15-16/h1-3,6-7H,4H2. The third kappa shape index (κ3) is 2.28. The van der Waals surface area contributed by atoms with Crippen molar-refractivity contribution < 1.29 is 0 Å². The van der Waals surface area contributed by atoms with Gasteiger partial charge in [0.25, 0.3) is 0 Å². The van der Waals surface area contributed by atoms with E-state index in [2.05, 4.69) is 49.7 Å². The van der Waals surface area contributed by atoms with Crippen LogP contribution in [0.15, 0.2) is 30.6 Å². The number of hydrogen-bond acceptors (Lipinski definition) is 2. The van der Waals surface area contributed by atoms with Gasteiger partial charge in [-0.1, -0.05) is 22.0 Å². The van der Waals surface area contributed by atoms with E-state index in [1.807, 2.05) is 24.4 Å². The first-order chi connectivity index (χ1) is 7.74. The zero-order chi connectivity index (χ0) is 11.5. The highest BCUT2D eigenvalue weighted by atomic mass is 127. The van der Waals surface area contributed by atoms with Crippen molar-refractivity contribution in [2.24, 2.45) is 0 Å². The second-order valence-electron chi connectivity index (χ2n) is 3.20. The fourth-order valence-corrected chi connectivity index (χ4v) is 2.13. The monoisotopic (exact) mass is 387 g/mol. The second kappa shape index (κ2) is 4.97. The van der Waals surface area contributed by atoms with Crippen LogP contribution in [0.25, 0.3) is 5.69 Å². The third-order valence-electron chi connectivity index (χ3n) is 2.13. The van der Waals surface area contributed by atoms with Gasteiger partial charge in [-0.15, -0.1) is 0 Å². The molecular weight excluding hydrogens is 381 g/mol. The molecule has 0 atom stereocenters. The van der Waals surface area contributed by atoms with Crippen LogP contribution in [0, 0.1) is 14.9 Å². The lowest BCUT2D eigenvalue weighted by Crippen LogP contribution is -1.98. The number of halogens is 2. The summed E-state index contributed by atoms with van der Waals surface area (Å²) in [4.78, 5) is 0. The van der Waals surface area contributed by atoms with Crippen molar-refractivity contribution in [3.63, 3.8) is 0 Å². The topological polar surface area (TPSA) is 41.6 Å². The van der Waals surface area contributed by atoms with Crippen molar-refractivity contribution in [2.45, 2.75) is 5.33 Å². The summed E-state index contributed by atoms with van der Waals surface area (Å²) in [7, 11) is 0. The molecule has 0 aliphatic heterocycles. The number of nitriles is 1. The van der Waals surface area contributed by atoms with Crippen molar-refractivity contribution in [1.29, 1.82) is 5.26 Å². The quantitative estimate of drug-likeness (QED) is 0.586. The Kier molecular flexibility index (Phi) is 3.61. The van der Waals surface area contributed by atoms with Crippen LogP contribution in [0.3, 0.4) is 0 Å². The van der Waals surface area contributed by atoms with Crippen LogP contribution >= 0.6 is 38.5 Å². The van der Waals surface area contributed by atoms with Gasteiger partial charge >= 0.3 is 0 Å². The molecule has 0 spiro atoms. The molecule has 16 heavy (non-hydrogen) atoms. The lowest BCUT2D eigenvalue weighted by molar-refractivity contribution is 0.876. The van der Waals surface area contributed by atoms with E-state index in [4.69, 9.17) is 5.26 Å². The summed E-state index contributed by atoms with van der Waals surface area (Å²) in [5.41, 5.74) is 2.54.